The fourth-order valence-corrected chi connectivity index (χ4v) is 1.20. The Balaban J connectivity index is 2.80. The van der Waals surface area contributed by atoms with Crippen molar-refractivity contribution in [1.82, 2.24) is 5.32 Å². The van der Waals surface area contributed by atoms with E-state index < -0.39 is 0 Å². The highest BCUT2D eigenvalue weighted by atomic mass is 16.1. The molecular formula is C13H13NO2. The van der Waals surface area contributed by atoms with Crippen LogP contribution in [-0.4, -0.2) is 18.7 Å². The quantitative estimate of drug-likeness (QED) is 0.597. The number of carbonyl (C=O) groups is 2. The number of hydrogen-bond donors (Lipinski definition) is 1. The number of hydrogen-bond acceptors (Lipinski definition) is 2. The number of aryl methyl sites for hydroxylation is 1. The summed E-state index contributed by atoms with van der Waals surface area (Å²) < 4.78 is 0. The third-order valence-electron chi connectivity index (χ3n) is 1.98. The summed E-state index contributed by atoms with van der Waals surface area (Å²) in [6.45, 7) is 3.65. The van der Waals surface area contributed by atoms with Crippen LogP contribution in [0.5, 0.6) is 0 Å². The molecule has 3 nitrogen and oxygen atoms in total. The minimum atomic E-state index is -0.117. The molecule has 0 aliphatic rings. The van der Waals surface area contributed by atoms with Crippen molar-refractivity contribution in [3.05, 3.63) is 34.9 Å². The average Bonchev–Trinajstić information content (AvgIpc) is 2.25. The molecule has 0 unspecified atom stereocenters. The van der Waals surface area contributed by atoms with Crippen molar-refractivity contribution in [2.75, 3.05) is 6.54 Å². The lowest BCUT2D eigenvalue weighted by Crippen LogP contribution is -2.19. The Morgan fingerprint density at radius 1 is 1.50 bits per heavy atom. The maximum absolute atomic E-state index is 10.8. The van der Waals surface area contributed by atoms with Crippen LogP contribution in [-0.2, 0) is 4.79 Å². The minimum Gasteiger partial charge on any atom is -0.345 e. The molecule has 0 saturated carbocycles. The Hall–Kier alpha value is -2.08. The molecule has 0 heterocycles. The smallest absolute Gasteiger partial charge is 0.217 e. The number of carbonyl (C=O) groups excluding carboxylic acids is 2. The fourth-order valence-electron chi connectivity index (χ4n) is 1.20. The van der Waals surface area contributed by atoms with Crippen molar-refractivity contribution in [1.29, 1.82) is 0 Å². The zero-order chi connectivity index (χ0) is 12.0. The summed E-state index contributed by atoms with van der Waals surface area (Å²) >= 11 is 0. The highest BCUT2D eigenvalue weighted by molar-refractivity contribution is 5.79. The maximum atomic E-state index is 10.8. The van der Waals surface area contributed by atoms with Crippen molar-refractivity contribution < 1.29 is 9.59 Å². The summed E-state index contributed by atoms with van der Waals surface area (Å²) in [6, 6.07) is 5.49. The molecular weight excluding hydrogens is 202 g/mol. The first-order valence-electron chi connectivity index (χ1n) is 4.92. The molecule has 82 valence electrons. The van der Waals surface area contributed by atoms with Crippen molar-refractivity contribution in [3.8, 4) is 11.8 Å². The van der Waals surface area contributed by atoms with E-state index in [0.717, 1.165) is 11.8 Å². The van der Waals surface area contributed by atoms with Gasteiger partial charge in [0, 0.05) is 18.1 Å². The molecule has 0 spiro atoms. The first kappa shape index (κ1) is 12.0. The lowest BCUT2D eigenvalue weighted by Gasteiger charge is -1.98. The molecule has 0 saturated heterocycles. The van der Waals surface area contributed by atoms with E-state index in [-0.39, 0.29) is 5.91 Å². The van der Waals surface area contributed by atoms with E-state index in [4.69, 9.17) is 0 Å². The SMILES string of the molecule is CC(=O)NCC#Cc1ccc(C)cc1C=O. The third kappa shape index (κ3) is 3.58. The van der Waals surface area contributed by atoms with E-state index in [9.17, 15) is 9.59 Å². The van der Waals surface area contributed by atoms with Gasteiger partial charge in [0.1, 0.15) is 0 Å². The van der Waals surface area contributed by atoms with Gasteiger partial charge in [-0.05, 0) is 19.1 Å². The number of aldehydes is 1. The normalized spacial score (nSPS) is 8.88. The van der Waals surface area contributed by atoms with Gasteiger partial charge >= 0.3 is 0 Å². The van der Waals surface area contributed by atoms with Gasteiger partial charge in [-0.25, -0.2) is 0 Å². The van der Waals surface area contributed by atoms with Crippen LogP contribution in [0.3, 0.4) is 0 Å². The number of benzene rings is 1. The number of amides is 1. The first-order chi connectivity index (χ1) is 7.63. The second-order valence-corrected chi connectivity index (χ2v) is 3.42. The Morgan fingerprint density at radius 2 is 2.25 bits per heavy atom. The Morgan fingerprint density at radius 3 is 2.88 bits per heavy atom. The van der Waals surface area contributed by atoms with Crippen molar-refractivity contribution in [2.45, 2.75) is 13.8 Å². The largest absolute Gasteiger partial charge is 0.345 e. The molecule has 0 aromatic heterocycles. The molecule has 16 heavy (non-hydrogen) atoms. The molecule has 0 aliphatic carbocycles. The maximum Gasteiger partial charge on any atom is 0.217 e. The number of rotatable bonds is 2. The molecule has 1 amide bonds. The van der Waals surface area contributed by atoms with E-state index in [1.807, 2.05) is 13.0 Å². The molecule has 0 atom stereocenters. The van der Waals surface area contributed by atoms with Crippen molar-refractivity contribution >= 4 is 12.2 Å². The topological polar surface area (TPSA) is 46.2 Å². The van der Waals surface area contributed by atoms with Gasteiger partial charge in [0.15, 0.2) is 6.29 Å². The predicted molar refractivity (Wildman–Crippen MR) is 62.1 cm³/mol. The summed E-state index contributed by atoms with van der Waals surface area (Å²) in [4.78, 5) is 21.4. The van der Waals surface area contributed by atoms with Gasteiger partial charge in [-0.2, -0.15) is 0 Å². The van der Waals surface area contributed by atoms with E-state index in [1.54, 1.807) is 12.1 Å². The van der Waals surface area contributed by atoms with Crippen LogP contribution in [0.15, 0.2) is 18.2 Å². The second kappa shape index (κ2) is 5.72. The second-order valence-electron chi connectivity index (χ2n) is 3.42. The average molecular weight is 215 g/mol. The molecule has 1 rings (SSSR count). The first-order valence-corrected chi connectivity index (χ1v) is 4.92. The lowest BCUT2D eigenvalue weighted by molar-refractivity contribution is -0.118. The van der Waals surface area contributed by atoms with Crippen LogP contribution in [0.4, 0.5) is 0 Å². The molecule has 3 heteroatoms. The molecule has 0 fully saturated rings. The summed E-state index contributed by atoms with van der Waals surface area (Å²) in [5.41, 5.74) is 2.29. The van der Waals surface area contributed by atoms with Crippen LogP contribution in [0.2, 0.25) is 0 Å². The van der Waals surface area contributed by atoms with Gasteiger partial charge < -0.3 is 5.32 Å². The van der Waals surface area contributed by atoms with Crippen LogP contribution in [0.1, 0.15) is 28.4 Å². The highest BCUT2D eigenvalue weighted by Gasteiger charge is 1.97. The third-order valence-corrected chi connectivity index (χ3v) is 1.98. The summed E-state index contributed by atoms with van der Waals surface area (Å²) in [6.07, 6.45) is 0.787. The van der Waals surface area contributed by atoms with Gasteiger partial charge in [0.05, 0.1) is 6.54 Å². The van der Waals surface area contributed by atoms with Crippen molar-refractivity contribution in [2.24, 2.45) is 0 Å². The van der Waals surface area contributed by atoms with Crippen LogP contribution < -0.4 is 5.32 Å². The van der Waals surface area contributed by atoms with E-state index >= 15 is 0 Å². The summed E-state index contributed by atoms with van der Waals surface area (Å²) in [5.74, 6) is 5.52. The minimum absolute atomic E-state index is 0.117. The Bertz CT molecular complexity index is 467. The van der Waals surface area contributed by atoms with Crippen LogP contribution in [0, 0.1) is 18.8 Å². The zero-order valence-corrected chi connectivity index (χ0v) is 9.33. The monoisotopic (exact) mass is 215 g/mol. The van der Waals surface area contributed by atoms with Gasteiger partial charge in [0.25, 0.3) is 0 Å². The molecule has 1 aromatic rings. The van der Waals surface area contributed by atoms with Crippen LogP contribution in [0.25, 0.3) is 0 Å². The van der Waals surface area contributed by atoms with Crippen LogP contribution >= 0.6 is 0 Å². The van der Waals surface area contributed by atoms with Gasteiger partial charge in [0.2, 0.25) is 5.91 Å². The zero-order valence-electron chi connectivity index (χ0n) is 9.33. The summed E-state index contributed by atoms with van der Waals surface area (Å²) in [7, 11) is 0. The summed E-state index contributed by atoms with van der Waals surface area (Å²) in [5, 5.41) is 2.56. The standard InChI is InChI=1S/C13H13NO2/c1-10-5-6-12(13(8-10)9-15)4-3-7-14-11(2)16/h5-6,8-9H,7H2,1-2H3,(H,14,16). The molecule has 0 aliphatic heterocycles. The molecule has 1 N–H and O–H groups in total. The predicted octanol–water partition coefficient (Wildman–Crippen LogP) is 1.30. The van der Waals surface area contributed by atoms with E-state index in [2.05, 4.69) is 17.2 Å². The van der Waals surface area contributed by atoms with Gasteiger partial charge in [-0.1, -0.05) is 23.5 Å². The highest BCUT2D eigenvalue weighted by Crippen LogP contribution is 2.07. The molecule has 0 radical (unpaired) electrons. The molecule has 1 aromatic carbocycles. The van der Waals surface area contributed by atoms with Gasteiger partial charge in [-0.15, -0.1) is 0 Å². The Labute approximate surface area is 94.9 Å². The molecule has 0 bridgehead atoms. The van der Waals surface area contributed by atoms with Gasteiger partial charge in [-0.3, -0.25) is 9.59 Å². The Kier molecular flexibility index (Phi) is 4.28. The van der Waals surface area contributed by atoms with Crippen molar-refractivity contribution in [3.63, 3.8) is 0 Å². The number of nitrogens with one attached hydrogen (secondary N) is 1. The van der Waals surface area contributed by atoms with E-state index in [0.29, 0.717) is 17.7 Å². The fraction of sp³-hybridized carbons (Fsp3) is 0.231. The lowest BCUT2D eigenvalue weighted by atomic mass is 10.1. The van der Waals surface area contributed by atoms with E-state index in [1.165, 1.54) is 6.92 Å².